The predicted octanol–water partition coefficient (Wildman–Crippen LogP) is 0.122. The summed E-state index contributed by atoms with van der Waals surface area (Å²) in [6, 6.07) is 0. The summed E-state index contributed by atoms with van der Waals surface area (Å²) in [5, 5.41) is 8.86. The molecule has 0 saturated carbocycles. The molecule has 0 heterocycles. The summed E-state index contributed by atoms with van der Waals surface area (Å²) in [6.07, 6.45) is 2.41. The van der Waals surface area contributed by atoms with Crippen LogP contribution in [0.3, 0.4) is 0 Å². The summed E-state index contributed by atoms with van der Waals surface area (Å²) in [5.41, 5.74) is 0. The Morgan fingerprint density at radius 2 is 2.38 bits per heavy atom. The van der Waals surface area contributed by atoms with Gasteiger partial charge in [0.05, 0.1) is 6.10 Å². The number of allylic oxidation sites excluding steroid dienone is 1. The molecular weight excluding hydrogens is 104 g/mol. The van der Waals surface area contributed by atoms with Crippen LogP contribution in [-0.4, -0.2) is 17.0 Å². The van der Waals surface area contributed by atoms with E-state index >= 15 is 0 Å². The van der Waals surface area contributed by atoms with Gasteiger partial charge in [0, 0.05) is 5.92 Å². The maximum Gasteiger partial charge on any atom is 0.161 e. The first-order valence-corrected chi connectivity index (χ1v) is 2.62. The van der Waals surface area contributed by atoms with Crippen molar-refractivity contribution < 1.29 is 9.90 Å². The van der Waals surface area contributed by atoms with Gasteiger partial charge < -0.3 is 5.11 Å². The maximum atomic E-state index is 10.5. The van der Waals surface area contributed by atoms with E-state index in [1.807, 2.05) is 0 Å². The van der Waals surface area contributed by atoms with Crippen LogP contribution in [0.25, 0.3) is 0 Å². The zero-order valence-corrected chi connectivity index (χ0v) is 4.66. The molecule has 0 aromatic carbocycles. The zero-order valence-electron chi connectivity index (χ0n) is 4.66. The lowest BCUT2D eigenvalue weighted by Gasteiger charge is -2.02. The van der Waals surface area contributed by atoms with E-state index in [-0.39, 0.29) is 11.7 Å². The Balaban J connectivity index is 2.69. The number of rotatable bonds is 0. The Morgan fingerprint density at radius 3 is 2.50 bits per heavy atom. The van der Waals surface area contributed by atoms with E-state index in [4.69, 9.17) is 5.11 Å². The molecule has 2 atom stereocenters. The number of aliphatic hydroxyl groups is 1. The van der Waals surface area contributed by atoms with Gasteiger partial charge in [-0.15, -0.1) is 0 Å². The van der Waals surface area contributed by atoms with E-state index < -0.39 is 6.10 Å². The van der Waals surface area contributed by atoms with Crippen molar-refractivity contribution in [3.8, 4) is 0 Å². The largest absolute Gasteiger partial charge is 0.388 e. The van der Waals surface area contributed by atoms with Crippen molar-refractivity contribution in [2.75, 3.05) is 0 Å². The minimum Gasteiger partial charge on any atom is -0.388 e. The molecule has 0 amide bonds. The first kappa shape index (κ1) is 5.51. The molecule has 0 fully saturated rings. The molecule has 0 aromatic heterocycles. The van der Waals surface area contributed by atoms with Crippen molar-refractivity contribution in [2.45, 2.75) is 13.0 Å². The first-order chi connectivity index (χ1) is 3.72. The third-order valence-corrected chi connectivity index (χ3v) is 1.42. The molecule has 2 nitrogen and oxygen atoms in total. The molecule has 0 saturated heterocycles. The average Bonchev–Trinajstić information content (AvgIpc) is 1.98. The van der Waals surface area contributed by atoms with Crippen LogP contribution in [0.2, 0.25) is 0 Å². The average molecular weight is 112 g/mol. The van der Waals surface area contributed by atoms with E-state index in [1.165, 1.54) is 12.2 Å². The smallest absolute Gasteiger partial charge is 0.161 e. The van der Waals surface area contributed by atoms with Gasteiger partial charge in [0.1, 0.15) is 0 Å². The van der Waals surface area contributed by atoms with E-state index in [0.717, 1.165) is 0 Å². The van der Waals surface area contributed by atoms with Crippen molar-refractivity contribution in [1.29, 1.82) is 0 Å². The van der Waals surface area contributed by atoms with Gasteiger partial charge in [0.2, 0.25) is 0 Å². The van der Waals surface area contributed by atoms with Gasteiger partial charge >= 0.3 is 0 Å². The molecule has 1 aliphatic carbocycles. The SMILES string of the molecule is CC1C(=O)C=C[C@H]1O. The fourth-order valence-electron chi connectivity index (χ4n) is 0.680. The molecule has 1 unspecified atom stereocenters. The quantitative estimate of drug-likeness (QED) is 0.483. The molecule has 0 aromatic rings. The van der Waals surface area contributed by atoms with Gasteiger partial charge in [-0.1, -0.05) is 13.0 Å². The monoisotopic (exact) mass is 112 g/mol. The van der Waals surface area contributed by atoms with E-state index in [1.54, 1.807) is 6.92 Å². The molecule has 0 radical (unpaired) electrons. The summed E-state index contributed by atoms with van der Waals surface area (Å²) in [5.74, 6) is -0.188. The second kappa shape index (κ2) is 1.71. The summed E-state index contributed by atoms with van der Waals surface area (Å²) in [6.45, 7) is 1.72. The topological polar surface area (TPSA) is 37.3 Å². The lowest BCUT2D eigenvalue weighted by atomic mass is 10.1. The summed E-state index contributed by atoms with van der Waals surface area (Å²) < 4.78 is 0. The van der Waals surface area contributed by atoms with Crippen molar-refractivity contribution in [2.24, 2.45) is 5.92 Å². The van der Waals surface area contributed by atoms with Gasteiger partial charge in [-0.3, -0.25) is 4.79 Å². The maximum absolute atomic E-state index is 10.5. The molecule has 1 rings (SSSR count). The summed E-state index contributed by atoms with van der Waals surface area (Å²) in [4.78, 5) is 10.5. The second-order valence-corrected chi connectivity index (χ2v) is 2.04. The second-order valence-electron chi connectivity index (χ2n) is 2.04. The lowest BCUT2D eigenvalue weighted by Crippen LogP contribution is -2.15. The Kier molecular flexibility index (Phi) is 1.18. The van der Waals surface area contributed by atoms with Crippen molar-refractivity contribution in [3.63, 3.8) is 0 Å². The molecule has 0 bridgehead atoms. The normalized spacial score (nSPS) is 36.5. The molecule has 44 valence electrons. The lowest BCUT2D eigenvalue weighted by molar-refractivity contribution is -0.118. The summed E-state index contributed by atoms with van der Waals surface area (Å²) >= 11 is 0. The minimum atomic E-state index is -0.539. The van der Waals surface area contributed by atoms with E-state index in [2.05, 4.69) is 0 Å². The van der Waals surface area contributed by atoms with Gasteiger partial charge in [0.15, 0.2) is 5.78 Å². The Hall–Kier alpha value is -0.630. The fourth-order valence-corrected chi connectivity index (χ4v) is 0.680. The highest BCUT2D eigenvalue weighted by atomic mass is 16.3. The molecule has 8 heavy (non-hydrogen) atoms. The molecule has 0 spiro atoms. The number of ketones is 1. The molecular formula is C6H8O2. The van der Waals surface area contributed by atoms with Crippen LogP contribution >= 0.6 is 0 Å². The zero-order chi connectivity index (χ0) is 6.15. The van der Waals surface area contributed by atoms with Crippen molar-refractivity contribution in [1.82, 2.24) is 0 Å². The van der Waals surface area contributed by atoms with Crippen LogP contribution < -0.4 is 0 Å². The van der Waals surface area contributed by atoms with Gasteiger partial charge in [-0.2, -0.15) is 0 Å². The van der Waals surface area contributed by atoms with Crippen LogP contribution in [-0.2, 0) is 4.79 Å². The molecule has 0 aliphatic heterocycles. The summed E-state index contributed by atoms with van der Waals surface area (Å²) in [7, 11) is 0. The van der Waals surface area contributed by atoms with Crippen LogP contribution in [0.4, 0.5) is 0 Å². The molecule has 1 N–H and O–H groups in total. The van der Waals surface area contributed by atoms with E-state index in [9.17, 15) is 4.79 Å². The highest BCUT2D eigenvalue weighted by Crippen LogP contribution is 2.12. The minimum absolute atomic E-state index is 0.0255. The van der Waals surface area contributed by atoms with Crippen LogP contribution in [0, 0.1) is 5.92 Å². The molecule has 1 aliphatic rings. The van der Waals surface area contributed by atoms with Gasteiger partial charge in [0.25, 0.3) is 0 Å². The number of carbonyl (C=O) groups is 1. The van der Waals surface area contributed by atoms with Gasteiger partial charge in [-0.05, 0) is 6.08 Å². The highest BCUT2D eigenvalue weighted by molar-refractivity contribution is 5.94. The first-order valence-electron chi connectivity index (χ1n) is 2.62. The van der Waals surface area contributed by atoms with Crippen LogP contribution in [0.1, 0.15) is 6.92 Å². The highest BCUT2D eigenvalue weighted by Gasteiger charge is 2.22. The number of carbonyl (C=O) groups excluding carboxylic acids is 1. The third-order valence-electron chi connectivity index (χ3n) is 1.42. The van der Waals surface area contributed by atoms with Crippen molar-refractivity contribution in [3.05, 3.63) is 12.2 Å². The Morgan fingerprint density at radius 1 is 1.75 bits per heavy atom. The number of aliphatic hydroxyl groups excluding tert-OH is 1. The van der Waals surface area contributed by atoms with Crippen LogP contribution in [0.5, 0.6) is 0 Å². The predicted molar refractivity (Wildman–Crippen MR) is 29.3 cm³/mol. The standard InChI is InChI=1S/C6H8O2/c1-4-5(7)2-3-6(4)8/h2-5,7H,1H3/t4?,5-/m1/s1. The number of hydrogen-bond acceptors (Lipinski definition) is 2. The Labute approximate surface area is 47.8 Å². The Bertz CT molecular complexity index is 137. The van der Waals surface area contributed by atoms with Crippen LogP contribution in [0.15, 0.2) is 12.2 Å². The van der Waals surface area contributed by atoms with Gasteiger partial charge in [-0.25, -0.2) is 0 Å². The van der Waals surface area contributed by atoms with E-state index in [0.29, 0.717) is 0 Å². The molecule has 2 heteroatoms. The number of hydrogen-bond donors (Lipinski definition) is 1. The van der Waals surface area contributed by atoms with Crippen molar-refractivity contribution >= 4 is 5.78 Å². The third kappa shape index (κ3) is 0.670. The fraction of sp³-hybridized carbons (Fsp3) is 0.500.